The average Bonchev–Trinajstić information content (AvgIpc) is 2.39. The highest BCUT2D eigenvalue weighted by atomic mass is 79.9. The van der Waals surface area contributed by atoms with Crippen LogP contribution in [0.2, 0.25) is 0 Å². The van der Waals surface area contributed by atoms with Crippen molar-refractivity contribution < 1.29 is 26.3 Å². The van der Waals surface area contributed by atoms with Crippen molar-refractivity contribution in [3.63, 3.8) is 0 Å². The van der Waals surface area contributed by atoms with E-state index in [1.54, 1.807) is 0 Å². The van der Waals surface area contributed by atoms with E-state index in [-0.39, 0.29) is 28.9 Å². The minimum Gasteiger partial charge on any atom is -1.00 e. The fourth-order valence-corrected chi connectivity index (χ4v) is 1.89. The molecule has 3 nitrogen and oxygen atoms in total. The van der Waals surface area contributed by atoms with Crippen LogP contribution < -0.4 is 26.9 Å². The normalized spacial score (nSPS) is 11.3. The zero-order chi connectivity index (χ0) is 13.0. The van der Waals surface area contributed by atoms with Gasteiger partial charge in [0.2, 0.25) is 5.91 Å². The maximum atomic E-state index is 10.9. The maximum Gasteiger partial charge on any atom is 0.221 e. The lowest BCUT2D eigenvalue weighted by Crippen LogP contribution is -3.00. The predicted octanol–water partition coefficient (Wildman–Crippen LogP) is -0.454. The van der Waals surface area contributed by atoms with Gasteiger partial charge in [-0.3, -0.25) is 4.79 Å². The molecule has 0 radical (unpaired) electrons. The number of amides is 1. The van der Waals surface area contributed by atoms with Gasteiger partial charge in [0.05, 0.1) is 5.69 Å². The summed E-state index contributed by atoms with van der Waals surface area (Å²) in [4.78, 5) is 10.9. The number of nitrogens with zero attached hydrogens (tertiary/aromatic N) is 1. The number of hydrogen-bond donors (Lipinski definition) is 1. The molecule has 0 aliphatic rings. The molecule has 0 saturated carbocycles. The third-order valence-electron chi connectivity index (χ3n) is 2.90. The van der Waals surface area contributed by atoms with Crippen molar-refractivity contribution >= 4 is 11.6 Å². The lowest BCUT2D eigenvalue weighted by molar-refractivity contribution is -0.710. The number of halogens is 1. The molecule has 0 spiro atoms. The molecule has 2 rings (SSSR count). The first-order chi connectivity index (χ1) is 8.66. The van der Waals surface area contributed by atoms with E-state index >= 15 is 0 Å². The molecule has 1 unspecified atom stereocenters. The topological polar surface area (TPSA) is 33.0 Å². The number of hydrogen-bond acceptors (Lipinski definition) is 1. The standard InChI is InChI=1S/C15H16N2O.BrH/c1-12(14-6-4-3-5-7-14)17-10-8-15(9-11-17)16-13(2)18;/h3-12H,1-2H3;1H. The molecule has 1 aromatic carbocycles. The first-order valence-corrected chi connectivity index (χ1v) is 6.00. The number of nitrogens with one attached hydrogen (secondary N) is 1. The van der Waals surface area contributed by atoms with Crippen LogP contribution in [0.25, 0.3) is 0 Å². The molecule has 0 aliphatic carbocycles. The van der Waals surface area contributed by atoms with E-state index in [0.29, 0.717) is 0 Å². The SMILES string of the molecule is CC(=O)Nc1cc[n+](C(C)c2ccccc2)cc1.[Br-]. The average molecular weight is 321 g/mol. The van der Waals surface area contributed by atoms with Crippen LogP contribution in [-0.2, 0) is 4.79 Å². The monoisotopic (exact) mass is 320 g/mol. The zero-order valence-electron chi connectivity index (χ0n) is 11.0. The van der Waals surface area contributed by atoms with Gasteiger partial charge < -0.3 is 22.3 Å². The van der Waals surface area contributed by atoms with Crippen molar-refractivity contribution in [1.29, 1.82) is 0 Å². The second-order valence-electron chi connectivity index (χ2n) is 4.30. The highest BCUT2D eigenvalue weighted by molar-refractivity contribution is 5.88. The van der Waals surface area contributed by atoms with E-state index in [1.165, 1.54) is 12.5 Å². The van der Waals surface area contributed by atoms with Crippen LogP contribution in [0.1, 0.15) is 25.5 Å². The highest BCUT2D eigenvalue weighted by Crippen LogP contribution is 2.11. The Morgan fingerprint density at radius 3 is 2.21 bits per heavy atom. The second-order valence-corrected chi connectivity index (χ2v) is 4.30. The molecule has 1 heterocycles. The van der Waals surface area contributed by atoms with Crippen molar-refractivity contribution in [1.82, 2.24) is 0 Å². The molecule has 1 N–H and O–H groups in total. The largest absolute Gasteiger partial charge is 1.00 e. The van der Waals surface area contributed by atoms with Crippen LogP contribution in [0.4, 0.5) is 5.69 Å². The van der Waals surface area contributed by atoms with Crippen molar-refractivity contribution in [2.45, 2.75) is 19.9 Å². The lowest BCUT2D eigenvalue weighted by Gasteiger charge is -2.08. The Hall–Kier alpha value is -1.68. The van der Waals surface area contributed by atoms with Gasteiger partial charge >= 0.3 is 0 Å². The number of anilines is 1. The highest BCUT2D eigenvalue weighted by Gasteiger charge is 2.13. The molecule has 19 heavy (non-hydrogen) atoms. The van der Waals surface area contributed by atoms with E-state index in [2.05, 4.69) is 28.9 Å². The third-order valence-corrected chi connectivity index (χ3v) is 2.90. The van der Waals surface area contributed by atoms with Crippen molar-refractivity contribution in [2.75, 3.05) is 5.32 Å². The zero-order valence-corrected chi connectivity index (χ0v) is 12.6. The van der Waals surface area contributed by atoms with E-state index in [4.69, 9.17) is 0 Å². The van der Waals surface area contributed by atoms with Crippen LogP contribution >= 0.6 is 0 Å². The molecule has 100 valence electrons. The summed E-state index contributed by atoms with van der Waals surface area (Å²) >= 11 is 0. The van der Waals surface area contributed by atoms with Gasteiger partial charge in [0.25, 0.3) is 0 Å². The number of aromatic nitrogens is 1. The van der Waals surface area contributed by atoms with Crippen LogP contribution in [0.3, 0.4) is 0 Å². The van der Waals surface area contributed by atoms with Gasteiger partial charge in [-0.25, -0.2) is 0 Å². The van der Waals surface area contributed by atoms with Crippen molar-refractivity contribution in [3.8, 4) is 0 Å². The van der Waals surface area contributed by atoms with E-state index in [0.717, 1.165) is 5.69 Å². The molecule has 1 amide bonds. The van der Waals surface area contributed by atoms with Crippen molar-refractivity contribution in [3.05, 3.63) is 60.4 Å². The molecule has 1 aromatic heterocycles. The Morgan fingerprint density at radius 1 is 1.11 bits per heavy atom. The van der Waals surface area contributed by atoms with Crippen LogP contribution in [0.5, 0.6) is 0 Å². The van der Waals surface area contributed by atoms with Gasteiger partial charge in [-0.15, -0.1) is 0 Å². The summed E-state index contributed by atoms with van der Waals surface area (Å²) < 4.78 is 2.11. The summed E-state index contributed by atoms with van der Waals surface area (Å²) in [5, 5.41) is 2.76. The second kappa shape index (κ2) is 7.04. The molecule has 4 heteroatoms. The number of rotatable bonds is 3. The Morgan fingerprint density at radius 2 is 1.68 bits per heavy atom. The van der Waals surface area contributed by atoms with Gasteiger partial charge in [-0.1, -0.05) is 30.3 Å². The fourth-order valence-electron chi connectivity index (χ4n) is 1.89. The number of carbonyl (C=O) groups excluding carboxylic acids is 1. The van der Waals surface area contributed by atoms with Gasteiger partial charge in [-0.2, -0.15) is 4.57 Å². The quantitative estimate of drug-likeness (QED) is 0.763. The molecule has 0 fully saturated rings. The predicted molar refractivity (Wildman–Crippen MR) is 71.2 cm³/mol. The summed E-state index contributed by atoms with van der Waals surface area (Å²) in [6.45, 7) is 3.65. The third kappa shape index (κ3) is 4.17. The Bertz CT molecular complexity index is 526. The molecule has 0 bridgehead atoms. The fraction of sp³-hybridized carbons (Fsp3) is 0.200. The van der Waals surface area contributed by atoms with Gasteiger partial charge in [0.1, 0.15) is 0 Å². The van der Waals surface area contributed by atoms with E-state index in [9.17, 15) is 4.79 Å². The van der Waals surface area contributed by atoms with Crippen LogP contribution in [0, 0.1) is 0 Å². The minimum absolute atomic E-state index is 0. The first kappa shape index (κ1) is 15.4. The Balaban J connectivity index is 0.00000180. The minimum atomic E-state index is -0.0520. The summed E-state index contributed by atoms with van der Waals surface area (Å²) in [5.74, 6) is -0.0520. The van der Waals surface area contributed by atoms with Crippen LogP contribution in [-0.4, -0.2) is 5.91 Å². The Labute approximate surface area is 124 Å². The molecule has 1 atom stereocenters. The summed E-state index contributed by atoms with van der Waals surface area (Å²) in [6.07, 6.45) is 3.95. The molecule has 2 aromatic rings. The lowest BCUT2D eigenvalue weighted by atomic mass is 10.1. The van der Waals surface area contributed by atoms with Crippen molar-refractivity contribution in [2.24, 2.45) is 0 Å². The maximum absolute atomic E-state index is 10.9. The molecule has 0 aliphatic heterocycles. The summed E-state index contributed by atoms with van der Waals surface area (Å²) in [7, 11) is 0. The molecule has 0 saturated heterocycles. The van der Waals surface area contributed by atoms with E-state index in [1.807, 2.05) is 42.7 Å². The number of carbonyl (C=O) groups is 1. The molecular formula is C15H17BrN2O. The summed E-state index contributed by atoms with van der Waals surface area (Å²) in [6, 6.07) is 14.4. The smallest absolute Gasteiger partial charge is 0.221 e. The number of benzene rings is 1. The molecular weight excluding hydrogens is 304 g/mol. The van der Waals surface area contributed by atoms with Crippen LogP contribution in [0.15, 0.2) is 54.9 Å². The number of pyridine rings is 1. The first-order valence-electron chi connectivity index (χ1n) is 6.00. The van der Waals surface area contributed by atoms with Gasteiger partial charge in [0.15, 0.2) is 18.4 Å². The van der Waals surface area contributed by atoms with E-state index < -0.39 is 0 Å². The van der Waals surface area contributed by atoms with Gasteiger partial charge in [0, 0.05) is 31.5 Å². The summed E-state index contributed by atoms with van der Waals surface area (Å²) in [5.41, 5.74) is 2.08. The Kier molecular flexibility index (Phi) is 5.70. The van der Waals surface area contributed by atoms with Gasteiger partial charge in [-0.05, 0) is 0 Å².